The molecule has 0 aliphatic rings. The van der Waals surface area contributed by atoms with Crippen molar-refractivity contribution in [2.24, 2.45) is 0 Å². The van der Waals surface area contributed by atoms with Gasteiger partial charge in [0.25, 0.3) is 5.91 Å². The monoisotopic (exact) mass is 314 g/mol. The molecular formula is C13H19BrN2O2. The van der Waals surface area contributed by atoms with Crippen LogP contribution in [0.25, 0.3) is 0 Å². The molecule has 0 saturated carbocycles. The molecule has 0 aliphatic heterocycles. The van der Waals surface area contributed by atoms with Crippen molar-refractivity contribution in [1.29, 1.82) is 0 Å². The first-order valence-electron chi connectivity index (χ1n) is 6.06. The van der Waals surface area contributed by atoms with E-state index in [2.05, 4.69) is 26.6 Å². The van der Waals surface area contributed by atoms with Crippen LogP contribution in [0.3, 0.4) is 0 Å². The summed E-state index contributed by atoms with van der Waals surface area (Å²) in [7, 11) is 0. The largest absolute Gasteiger partial charge is 0.483 e. The molecule has 0 fully saturated rings. The van der Waals surface area contributed by atoms with Crippen LogP contribution in [-0.2, 0) is 11.3 Å². The minimum Gasteiger partial charge on any atom is -0.483 e. The maximum atomic E-state index is 11.3. The fourth-order valence-electron chi connectivity index (χ4n) is 1.48. The molecular weight excluding hydrogens is 296 g/mol. The Bertz CT molecular complexity index is 397. The molecule has 4 nitrogen and oxygen atoms in total. The number of ether oxygens (including phenoxy) is 1. The zero-order chi connectivity index (χ0) is 13.4. The topological polar surface area (TPSA) is 50.4 Å². The Kier molecular flexibility index (Phi) is 6.75. The Morgan fingerprint density at radius 3 is 2.78 bits per heavy atom. The number of carbonyl (C=O) groups is 1. The second kappa shape index (κ2) is 8.11. The Morgan fingerprint density at radius 2 is 2.11 bits per heavy atom. The summed E-state index contributed by atoms with van der Waals surface area (Å²) in [6, 6.07) is 5.77. The first kappa shape index (κ1) is 15.0. The minimum atomic E-state index is -0.102. The van der Waals surface area contributed by atoms with E-state index in [1.165, 1.54) is 0 Å². The Labute approximate surface area is 116 Å². The van der Waals surface area contributed by atoms with Crippen molar-refractivity contribution >= 4 is 21.8 Å². The van der Waals surface area contributed by atoms with Crippen LogP contribution in [0.5, 0.6) is 5.75 Å². The third kappa shape index (κ3) is 5.06. The van der Waals surface area contributed by atoms with Crippen molar-refractivity contribution in [3.8, 4) is 5.75 Å². The number of likely N-dealkylation sites (N-methyl/N-ethyl adjacent to an activating group) is 1. The highest BCUT2D eigenvalue weighted by Crippen LogP contribution is 2.23. The highest BCUT2D eigenvalue weighted by molar-refractivity contribution is 9.10. The number of hydrogen-bond donors (Lipinski definition) is 2. The standard InChI is InChI=1S/C13H19BrN2O2/c1-3-15-8-10-7-11(14)5-6-12(10)18-9-13(17)16-4-2/h5-7,15H,3-4,8-9H2,1-2H3,(H,16,17). The van der Waals surface area contributed by atoms with Gasteiger partial charge in [-0.05, 0) is 31.7 Å². The lowest BCUT2D eigenvalue weighted by Crippen LogP contribution is -2.28. The third-order valence-electron chi connectivity index (χ3n) is 2.32. The van der Waals surface area contributed by atoms with E-state index in [0.717, 1.165) is 28.9 Å². The molecule has 1 aromatic carbocycles. The van der Waals surface area contributed by atoms with Gasteiger partial charge in [-0.2, -0.15) is 0 Å². The average Bonchev–Trinajstić information content (AvgIpc) is 2.35. The van der Waals surface area contributed by atoms with Crippen LogP contribution in [0.2, 0.25) is 0 Å². The summed E-state index contributed by atoms with van der Waals surface area (Å²) in [5, 5.41) is 5.94. The smallest absolute Gasteiger partial charge is 0.257 e. The number of carbonyl (C=O) groups excluding carboxylic acids is 1. The number of benzene rings is 1. The molecule has 1 amide bonds. The normalized spacial score (nSPS) is 10.2. The number of rotatable bonds is 7. The molecule has 18 heavy (non-hydrogen) atoms. The lowest BCUT2D eigenvalue weighted by molar-refractivity contribution is -0.122. The van der Waals surface area contributed by atoms with Gasteiger partial charge in [-0.1, -0.05) is 22.9 Å². The first-order chi connectivity index (χ1) is 8.67. The molecule has 0 radical (unpaired) electrons. The zero-order valence-electron chi connectivity index (χ0n) is 10.8. The molecule has 0 saturated heterocycles. The molecule has 0 bridgehead atoms. The van der Waals surface area contributed by atoms with Gasteiger partial charge in [0.2, 0.25) is 0 Å². The van der Waals surface area contributed by atoms with E-state index < -0.39 is 0 Å². The van der Waals surface area contributed by atoms with Crippen LogP contribution in [0.15, 0.2) is 22.7 Å². The van der Waals surface area contributed by atoms with Crippen molar-refractivity contribution in [1.82, 2.24) is 10.6 Å². The van der Waals surface area contributed by atoms with Crippen molar-refractivity contribution in [2.75, 3.05) is 19.7 Å². The van der Waals surface area contributed by atoms with Crippen molar-refractivity contribution in [2.45, 2.75) is 20.4 Å². The summed E-state index contributed by atoms with van der Waals surface area (Å²) >= 11 is 3.43. The van der Waals surface area contributed by atoms with E-state index in [4.69, 9.17) is 4.74 Å². The van der Waals surface area contributed by atoms with Gasteiger partial charge in [0.15, 0.2) is 6.61 Å². The Balaban J connectivity index is 2.65. The van der Waals surface area contributed by atoms with E-state index in [1.54, 1.807) is 0 Å². The quantitative estimate of drug-likeness (QED) is 0.810. The Hall–Kier alpha value is -1.07. The van der Waals surface area contributed by atoms with Crippen LogP contribution in [-0.4, -0.2) is 25.6 Å². The molecule has 0 aliphatic carbocycles. The molecule has 5 heteroatoms. The average molecular weight is 315 g/mol. The van der Waals surface area contributed by atoms with Crippen LogP contribution >= 0.6 is 15.9 Å². The minimum absolute atomic E-state index is 0.0502. The van der Waals surface area contributed by atoms with E-state index in [0.29, 0.717) is 6.54 Å². The summed E-state index contributed by atoms with van der Waals surface area (Å²) < 4.78 is 6.53. The van der Waals surface area contributed by atoms with Gasteiger partial charge in [0, 0.05) is 23.1 Å². The fraction of sp³-hybridized carbons (Fsp3) is 0.462. The van der Waals surface area contributed by atoms with E-state index >= 15 is 0 Å². The van der Waals surface area contributed by atoms with Gasteiger partial charge < -0.3 is 15.4 Å². The molecule has 0 atom stereocenters. The van der Waals surface area contributed by atoms with Crippen molar-refractivity contribution < 1.29 is 9.53 Å². The van der Waals surface area contributed by atoms with E-state index in [-0.39, 0.29) is 12.5 Å². The van der Waals surface area contributed by atoms with Gasteiger partial charge >= 0.3 is 0 Å². The molecule has 0 heterocycles. The lowest BCUT2D eigenvalue weighted by atomic mass is 10.2. The van der Waals surface area contributed by atoms with E-state index in [9.17, 15) is 4.79 Å². The molecule has 0 aromatic heterocycles. The fourth-order valence-corrected chi connectivity index (χ4v) is 1.89. The van der Waals surface area contributed by atoms with Gasteiger partial charge in [-0.3, -0.25) is 4.79 Å². The van der Waals surface area contributed by atoms with Crippen LogP contribution in [0, 0.1) is 0 Å². The highest BCUT2D eigenvalue weighted by atomic mass is 79.9. The SMILES string of the molecule is CCNCc1cc(Br)ccc1OCC(=O)NCC. The summed E-state index contributed by atoms with van der Waals surface area (Å²) in [5.74, 6) is 0.639. The summed E-state index contributed by atoms with van der Waals surface area (Å²) in [5.41, 5.74) is 1.04. The van der Waals surface area contributed by atoms with Gasteiger partial charge in [-0.25, -0.2) is 0 Å². The highest BCUT2D eigenvalue weighted by Gasteiger charge is 2.06. The molecule has 1 aromatic rings. The maximum absolute atomic E-state index is 11.3. The van der Waals surface area contributed by atoms with Gasteiger partial charge in [0.05, 0.1) is 0 Å². The number of halogens is 1. The predicted octanol–water partition coefficient (Wildman–Crippen LogP) is 2.07. The molecule has 100 valence electrons. The van der Waals surface area contributed by atoms with E-state index in [1.807, 2.05) is 32.0 Å². The first-order valence-corrected chi connectivity index (χ1v) is 6.85. The third-order valence-corrected chi connectivity index (χ3v) is 2.81. The molecule has 0 unspecified atom stereocenters. The lowest BCUT2D eigenvalue weighted by Gasteiger charge is -2.12. The van der Waals surface area contributed by atoms with Crippen LogP contribution in [0.1, 0.15) is 19.4 Å². The zero-order valence-corrected chi connectivity index (χ0v) is 12.3. The van der Waals surface area contributed by atoms with Gasteiger partial charge in [0.1, 0.15) is 5.75 Å². The van der Waals surface area contributed by atoms with Crippen molar-refractivity contribution in [3.63, 3.8) is 0 Å². The van der Waals surface area contributed by atoms with Crippen molar-refractivity contribution in [3.05, 3.63) is 28.2 Å². The molecule has 0 spiro atoms. The summed E-state index contributed by atoms with van der Waals surface area (Å²) in [6.07, 6.45) is 0. The summed E-state index contributed by atoms with van der Waals surface area (Å²) in [6.45, 7) is 6.21. The number of amides is 1. The number of hydrogen-bond acceptors (Lipinski definition) is 3. The molecule has 2 N–H and O–H groups in total. The second-order valence-corrected chi connectivity index (χ2v) is 4.69. The van der Waals surface area contributed by atoms with Crippen LogP contribution in [0.4, 0.5) is 0 Å². The van der Waals surface area contributed by atoms with Crippen LogP contribution < -0.4 is 15.4 Å². The summed E-state index contributed by atoms with van der Waals surface area (Å²) in [4.78, 5) is 11.3. The Morgan fingerprint density at radius 1 is 1.33 bits per heavy atom. The van der Waals surface area contributed by atoms with Gasteiger partial charge in [-0.15, -0.1) is 0 Å². The maximum Gasteiger partial charge on any atom is 0.257 e. The molecule has 1 rings (SSSR count). The predicted molar refractivity (Wildman–Crippen MR) is 75.7 cm³/mol. The number of nitrogens with one attached hydrogen (secondary N) is 2. The second-order valence-electron chi connectivity index (χ2n) is 3.77.